The number of alkyl halides is 3. The first kappa shape index (κ1) is 34.4. The number of likely N-dealkylation sites (N-methyl/N-ethyl adjacent to an activating group) is 1. The molecule has 244 valence electrons. The van der Waals surface area contributed by atoms with Crippen LogP contribution in [0.4, 0.5) is 13.2 Å². The fourth-order valence-electron chi connectivity index (χ4n) is 7.57. The molecule has 1 unspecified atom stereocenters. The number of pyridine rings is 1. The van der Waals surface area contributed by atoms with Gasteiger partial charge in [-0.05, 0) is 124 Å². The maximum Gasteiger partial charge on any atom is 0.417 e. The van der Waals surface area contributed by atoms with Crippen molar-refractivity contribution in [3.05, 3.63) is 64.5 Å². The summed E-state index contributed by atoms with van der Waals surface area (Å²) in [5.41, 5.74) is 2.85. The number of benzene rings is 1. The molecule has 6 nitrogen and oxygen atoms in total. The molecule has 2 aromatic rings. The number of carboxylic acid groups (broad SMARTS) is 1. The number of aromatic nitrogens is 1. The number of carbonyl (C=O) groups is 1. The number of rotatable bonds is 12. The highest BCUT2D eigenvalue weighted by Gasteiger charge is 2.39. The maximum atomic E-state index is 13.6. The van der Waals surface area contributed by atoms with Crippen molar-refractivity contribution in [3.8, 4) is 0 Å². The first-order valence-corrected chi connectivity index (χ1v) is 15.9. The number of aryl methyl sites for hydroxylation is 1. The Bertz CT molecular complexity index is 1270. The Morgan fingerprint density at radius 3 is 2.45 bits per heavy atom. The molecule has 44 heavy (non-hydrogen) atoms. The van der Waals surface area contributed by atoms with Gasteiger partial charge in [0.15, 0.2) is 0 Å². The topological polar surface area (TPSA) is 65.9 Å². The molecule has 0 bridgehead atoms. The molecule has 2 aliphatic rings. The highest BCUT2D eigenvalue weighted by atomic mass is 19.4. The molecule has 1 aliphatic carbocycles. The van der Waals surface area contributed by atoms with Crippen molar-refractivity contribution in [3.63, 3.8) is 0 Å². The maximum absolute atomic E-state index is 13.6. The number of likely N-dealkylation sites (tertiary alicyclic amines) is 1. The third-order valence-electron chi connectivity index (χ3n) is 10.2. The number of methoxy groups -OCH3 is 1. The number of halogens is 3. The van der Waals surface area contributed by atoms with Gasteiger partial charge in [-0.15, -0.1) is 0 Å². The van der Waals surface area contributed by atoms with Gasteiger partial charge in [-0.1, -0.05) is 39.0 Å². The zero-order valence-corrected chi connectivity index (χ0v) is 27.2. The van der Waals surface area contributed by atoms with Crippen molar-refractivity contribution >= 4 is 5.97 Å². The van der Waals surface area contributed by atoms with Crippen LogP contribution in [0, 0.1) is 12.3 Å². The largest absolute Gasteiger partial charge is 0.480 e. The van der Waals surface area contributed by atoms with Gasteiger partial charge in [0.25, 0.3) is 0 Å². The van der Waals surface area contributed by atoms with Crippen LogP contribution >= 0.6 is 0 Å². The molecular weight excluding hydrogens is 567 g/mol. The second-order valence-corrected chi connectivity index (χ2v) is 14.2. The van der Waals surface area contributed by atoms with Crippen molar-refractivity contribution in [2.75, 3.05) is 40.3 Å². The van der Waals surface area contributed by atoms with Crippen LogP contribution in [0.2, 0.25) is 0 Å². The third kappa shape index (κ3) is 8.20. The summed E-state index contributed by atoms with van der Waals surface area (Å²) in [5, 5.41) is 10.6. The molecule has 0 spiro atoms. The lowest BCUT2D eigenvalue weighted by Gasteiger charge is -2.41. The predicted octanol–water partition coefficient (Wildman–Crippen LogP) is 7.61. The Kier molecular flexibility index (Phi) is 10.8. The Labute approximate surface area is 261 Å². The van der Waals surface area contributed by atoms with E-state index in [2.05, 4.69) is 43.6 Å². The van der Waals surface area contributed by atoms with Crippen molar-refractivity contribution in [1.29, 1.82) is 0 Å². The molecule has 1 N–H and O–H groups in total. The van der Waals surface area contributed by atoms with Gasteiger partial charge < -0.3 is 14.7 Å². The quantitative estimate of drug-likeness (QED) is 0.265. The highest BCUT2D eigenvalue weighted by molar-refractivity contribution is 5.76. The van der Waals surface area contributed by atoms with Crippen molar-refractivity contribution < 1.29 is 27.8 Å². The second-order valence-electron chi connectivity index (χ2n) is 14.2. The molecule has 2 heterocycles. The van der Waals surface area contributed by atoms with E-state index in [9.17, 15) is 23.1 Å². The van der Waals surface area contributed by atoms with Crippen molar-refractivity contribution in [2.45, 2.75) is 102 Å². The summed E-state index contributed by atoms with van der Waals surface area (Å²) in [6.45, 7) is 11.9. The lowest BCUT2D eigenvalue weighted by molar-refractivity contribution is -0.143. The zero-order valence-electron chi connectivity index (χ0n) is 27.2. The van der Waals surface area contributed by atoms with Gasteiger partial charge in [0.2, 0.25) is 0 Å². The number of nitrogens with zero attached hydrogens (tertiary/aromatic N) is 3. The summed E-state index contributed by atoms with van der Waals surface area (Å²) >= 11 is 0. The van der Waals surface area contributed by atoms with E-state index in [0.717, 1.165) is 74.6 Å². The molecule has 4 rings (SSSR count). The molecule has 0 amide bonds. The minimum atomic E-state index is -4.47. The fraction of sp³-hybridized carbons (Fsp3) is 0.657. The van der Waals surface area contributed by atoms with E-state index < -0.39 is 23.8 Å². The van der Waals surface area contributed by atoms with E-state index in [4.69, 9.17) is 4.74 Å². The summed E-state index contributed by atoms with van der Waals surface area (Å²) in [7, 11) is 3.57. The third-order valence-corrected chi connectivity index (χ3v) is 10.2. The fourth-order valence-corrected chi connectivity index (χ4v) is 7.57. The van der Waals surface area contributed by atoms with Crippen LogP contribution in [-0.4, -0.2) is 72.3 Å². The lowest BCUT2D eigenvalue weighted by Crippen LogP contribution is -2.37. The number of hydrogen-bond acceptors (Lipinski definition) is 5. The minimum absolute atomic E-state index is 0.167. The SMILES string of the molecule is COC1CCC(C)(c2c(C)cccc2C(C(=O)O)N(C)CC[C@H](CCN2CCC(C)(C)C2)c2cncc(C(F)(F)F)c2)CC1. The van der Waals surface area contributed by atoms with Gasteiger partial charge >= 0.3 is 12.1 Å². The summed E-state index contributed by atoms with van der Waals surface area (Å²) in [4.78, 5) is 21.1. The van der Waals surface area contributed by atoms with Crippen LogP contribution in [-0.2, 0) is 21.1 Å². The Morgan fingerprint density at radius 1 is 1.16 bits per heavy atom. The Hall–Kier alpha value is -2.49. The molecule has 1 aromatic carbocycles. The van der Waals surface area contributed by atoms with Gasteiger partial charge in [0, 0.05) is 26.0 Å². The van der Waals surface area contributed by atoms with Crippen LogP contribution in [0.15, 0.2) is 36.7 Å². The zero-order chi connectivity index (χ0) is 32.3. The monoisotopic (exact) mass is 617 g/mol. The number of hydrogen-bond donors (Lipinski definition) is 1. The lowest BCUT2D eigenvalue weighted by atomic mass is 9.67. The van der Waals surface area contributed by atoms with E-state index >= 15 is 0 Å². The van der Waals surface area contributed by atoms with E-state index in [0.29, 0.717) is 24.9 Å². The molecule has 0 radical (unpaired) electrons. The molecule has 1 aromatic heterocycles. The molecule has 2 atom stereocenters. The molecule has 2 fully saturated rings. The van der Waals surface area contributed by atoms with Gasteiger partial charge in [-0.2, -0.15) is 13.2 Å². The summed E-state index contributed by atoms with van der Waals surface area (Å²) in [5.74, 6) is -1.12. The van der Waals surface area contributed by atoms with Gasteiger partial charge in [0.05, 0.1) is 11.7 Å². The van der Waals surface area contributed by atoms with Gasteiger partial charge in [-0.3, -0.25) is 14.7 Å². The second kappa shape index (κ2) is 13.9. The van der Waals surface area contributed by atoms with E-state index in [1.165, 1.54) is 6.07 Å². The first-order chi connectivity index (χ1) is 20.6. The number of carboxylic acids is 1. The molecule has 9 heteroatoms. The van der Waals surface area contributed by atoms with Gasteiger partial charge in [0.1, 0.15) is 6.04 Å². The normalized spacial score (nSPS) is 24.0. The van der Waals surface area contributed by atoms with Crippen LogP contribution in [0.1, 0.15) is 105 Å². The smallest absolute Gasteiger partial charge is 0.417 e. The first-order valence-electron chi connectivity index (χ1n) is 15.9. The van der Waals surface area contributed by atoms with E-state index in [1.54, 1.807) is 13.3 Å². The standard InChI is InChI=1S/C35H50F3N3O3/c1-24-8-7-9-29(30(24)34(4)14-10-28(44-6)11-15-34)31(32(42)43)40(5)17-12-25(13-18-41-19-16-33(2,3)23-41)26-20-27(22-39-21-26)35(36,37)38/h7-9,20-22,25,28,31H,10-19,23H2,1-6H3,(H,42,43)/t25-,28?,31?,34?/m1/s1. The molecular formula is C35H50F3N3O3. The highest BCUT2D eigenvalue weighted by Crippen LogP contribution is 2.45. The number of aliphatic carboxylic acids is 1. The van der Waals surface area contributed by atoms with Crippen LogP contribution in [0.25, 0.3) is 0 Å². The average Bonchev–Trinajstić information content (AvgIpc) is 3.31. The molecule has 1 saturated heterocycles. The Morgan fingerprint density at radius 2 is 1.86 bits per heavy atom. The van der Waals surface area contributed by atoms with Crippen molar-refractivity contribution in [1.82, 2.24) is 14.8 Å². The predicted molar refractivity (Wildman–Crippen MR) is 167 cm³/mol. The molecule has 1 aliphatic heterocycles. The average molecular weight is 618 g/mol. The van der Waals surface area contributed by atoms with E-state index in [-0.39, 0.29) is 22.9 Å². The van der Waals surface area contributed by atoms with Crippen LogP contribution in [0.3, 0.4) is 0 Å². The van der Waals surface area contributed by atoms with Crippen molar-refractivity contribution in [2.24, 2.45) is 5.41 Å². The summed E-state index contributed by atoms with van der Waals surface area (Å²) < 4.78 is 46.4. The van der Waals surface area contributed by atoms with Crippen LogP contribution in [0.5, 0.6) is 0 Å². The van der Waals surface area contributed by atoms with Crippen LogP contribution < -0.4 is 0 Å². The number of ether oxygens (including phenoxy) is 1. The summed E-state index contributed by atoms with van der Waals surface area (Å²) in [6, 6.07) is 6.27. The van der Waals surface area contributed by atoms with Gasteiger partial charge in [-0.25, -0.2) is 0 Å². The Balaban J connectivity index is 1.58. The minimum Gasteiger partial charge on any atom is -0.480 e. The summed E-state index contributed by atoms with van der Waals surface area (Å²) in [6.07, 6.45) is 4.14. The molecule has 1 saturated carbocycles. The van der Waals surface area contributed by atoms with E-state index in [1.807, 2.05) is 24.1 Å².